The number of rotatable bonds is 6. The first kappa shape index (κ1) is 15.9. The number of hydrogen-bond acceptors (Lipinski definition) is 3. The number of carboxylic acid groups (broad SMARTS) is 1. The number of nitrogens with zero attached hydrogens (tertiary/aromatic N) is 1. The van der Waals surface area contributed by atoms with Crippen LogP contribution in [-0.4, -0.2) is 28.6 Å². The Hall–Kier alpha value is -2.11. The molecule has 0 atom stereocenters. The van der Waals surface area contributed by atoms with E-state index in [1.807, 2.05) is 13.8 Å². The third-order valence-corrected chi connectivity index (χ3v) is 3.65. The molecule has 0 fully saturated rings. The van der Waals surface area contributed by atoms with Crippen LogP contribution in [0.25, 0.3) is 0 Å². The van der Waals surface area contributed by atoms with Gasteiger partial charge in [-0.05, 0) is 31.9 Å². The highest BCUT2D eigenvalue weighted by Crippen LogP contribution is 2.25. The monoisotopic (exact) mass is 279 g/mol. The zero-order chi connectivity index (χ0) is 15.2. The lowest BCUT2D eigenvalue weighted by Gasteiger charge is -2.26. The minimum atomic E-state index is -0.915. The van der Waals surface area contributed by atoms with Crippen molar-refractivity contribution in [3.63, 3.8) is 0 Å². The second-order valence-corrected chi connectivity index (χ2v) is 4.74. The van der Waals surface area contributed by atoms with Crippen LogP contribution in [-0.2, 0) is 4.79 Å². The average Bonchev–Trinajstić information content (AvgIpc) is 2.43. The van der Waals surface area contributed by atoms with Crippen LogP contribution >= 0.6 is 0 Å². The Balaban J connectivity index is 2.63. The Kier molecular flexibility index (Phi) is 5.49. The molecule has 0 unspecified atom stereocenters. The van der Waals surface area contributed by atoms with Crippen LogP contribution in [0, 0.1) is 12.3 Å². The molecule has 1 heterocycles. The second kappa shape index (κ2) is 6.88. The number of urea groups is 1. The van der Waals surface area contributed by atoms with Gasteiger partial charge in [-0.25, -0.2) is 4.79 Å². The van der Waals surface area contributed by atoms with Crippen LogP contribution in [0.5, 0.6) is 0 Å². The summed E-state index contributed by atoms with van der Waals surface area (Å²) in [6.45, 7) is 5.50. The Morgan fingerprint density at radius 3 is 2.50 bits per heavy atom. The fourth-order valence-electron chi connectivity index (χ4n) is 1.91. The lowest BCUT2D eigenvalue weighted by molar-refractivity contribution is -0.149. The largest absolute Gasteiger partial charge is 0.481 e. The van der Waals surface area contributed by atoms with Gasteiger partial charge < -0.3 is 15.7 Å². The summed E-state index contributed by atoms with van der Waals surface area (Å²) in [5, 5.41) is 14.6. The Morgan fingerprint density at radius 1 is 1.35 bits per heavy atom. The molecule has 0 spiro atoms. The topological polar surface area (TPSA) is 91.3 Å². The molecule has 1 rings (SSSR count). The van der Waals surface area contributed by atoms with Gasteiger partial charge in [0.2, 0.25) is 0 Å². The Labute approximate surface area is 118 Å². The lowest BCUT2D eigenvalue weighted by Crippen LogP contribution is -2.43. The van der Waals surface area contributed by atoms with Gasteiger partial charge >= 0.3 is 12.0 Å². The third-order valence-electron chi connectivity index (χ3n) is 3.65. The predicted molar refractivity (Wildman–Crippen MR) is 76.6 cm³/mol. The van der Waals surface area contributed by atoms with Gasteiger partial charge in [-0.1, -0.05) is 13.8 Å². The molecule has 0 aliphatic rings. The van der Waals surface area contributed by atoms with E-state index in [9.17, 15) is 14.7 Å². The van der Waals surface area contributed by atoms with Crippen molar-refractivity contribution in [2.24, 2.45) is 5.41 Å². The summed E-state index contributed by atoms with van der Waals surface area (Å²) >= 11 is 0. The van der Waals surface area contributed by atoms with E-state index >= 15 is 0 Å². The molecule has 110 valence electrons. The fourth-order valence-corrected chi connectivity index (χ4v) is 1.91. The number of aromatic nitrogens is 1. The van der Waals surface area contributed by atoms with Gasteiger partial charge in [0.1, 0.15) is 0 Å². The molecule has 6 heteroatoms. The number of hydrogen-bond donors (Lipinski definition) is 3. The van der Waals surface area contributed by atoms with Crippen LogP contribution in [0.4, 0.5) is 10.5 Å². The molecular weight excluding hydrogens is 258 g/mol. The number of aliphatic carboxylic acids is 1. The van der Waals surface area contributed by atoms with Crippen molar-refractivity contribution in [1.29, 1.82) is 0 Å². The average molecular weight is 279 g/mol. The SMILES string of the molecule is CCC(CC)(CNC(=O)Nc1cccnc1C)C(=O)O. The first-order chi connectivity index (χ1) is 9.45. The Morgan fingerprint density at radius 2 is 2.00 bits per heavy atom. The number of aryl methyl sites for hydroxylation is 1. The van der Waals surface area contributed by atoms with Crippen molar-refractivity contribution in [1.82, 2.24) is 10.3 Å². The standard InChI is InChI=1S/C14H21N3O3/c1-4-14(5-2,12(18)19)9-16-13(20)17-11-7-6-8-15-10(11)3/h6-8H,4-5,9H2,1-3H3,(H,18,19)(H2,16,17,20). The molecule has 0 bridgehead atoms. The van der Waals surface area contributed by atoms with Crippen LogP contribution in [0.1, 0.15) is 32.4 Å². The van der Waals surface area contributed by atoms with Crippen LogP contribution in [0.3, 0.4) is 0 Å². The Bertz CT molecular complexity index is 484. The summed E-state index contributed by atoms with van der Waals surface area (Å²) in [4.78, 5) is 27.2. The van der Waals surface area contributed by atoms with E-state index in [0.29, 0.717) is 24.2 Å². The van der Waals surface area contributed by atoms with Crippen molar-refractivity contribution in [2.45, 2.75) is 33.6 Å². The van der Waals surface area contributed by atoms with Gasteiger partial charge in [-0.3, -0.25) is 9.78 Å². The quantitative estimate of drug-likeness (QED) is 0.745. The normalized spacial score (nSPS) is 10.9. The maximum Gasteiger partial charge on any atom is 0.319 e. The maximum absolute atomic E-state index is 11.8. The van der Waals surface area contributed by atoms with Crippen LogP contribution in [0.2, 0.25) is 0 Å². The molecule has 3 N–H and O–H groups in total. The highest BCUT2D eigenvalue weighted by atomic mass is 16.4. The molecule has 0 aliphatic heterocycles. The van der Waals surface area contributed by atoms with Crippen molar-refractivity contribution >= 4 is 17.7 Å². The summed E-state index contributed by atoms with van der Waals surface area (Å²) in [6, 6.07) is 3.04. The number of pyridine rings is 1. The highest BCUT2D eigenvalue weighted by Gasteiger charge is 2.35. The number of anilines is 1. The maximum atomic E-state index is 11.8. The van der Waals surface area contributed by atoms with E-state index in [2.05, 4.69) is 15.6 Å². The van der Waals surface area contributed by atoms with Gasteiger partial charge in [-0.15, -0.1) is 0 Å². The first-order valence-electron chi connectivity index (χ1n) is 6.65. The molecule has 0 saturated heterocycles. The number of amides is 2. The number of carbonyl (C=O) groups excluding carboxylic acids is 1. The van der Waals surface area contributed by atoms with Gasteiger partial charge in [0, 0.05) is 12.7 Å². The first-order valence-corrected chi connectivity index (χ1v) is 6.65. The molecule has 20 heavy (non-hydrogen) atoms. The molecule has 6 nitrogen and oxygen atoms in total. The van der Waals surface area contributed by atoms with Gasteiger partial charge in [0.15, 0.2) is 0 Å². The summed E-state index contributed by atoms with van der Waals surface area (Å²) < 4.78 is 0. The second-order valence-electron chi connectivity index (χ2n) is 4.74. The molecular formula is C14H21N3O3. The van der Waals surface area contributed by atoms with Crippen molar-refractivity contribution in [3.05, 3.63) is 24.0 Å². The third kappa shape index (κ3) is 3.69. The van der Waals surface area contributed by atoms with Crippen LogP contribution in [0.15, 0.2) is 18.3 Å². The number of carboxylic acids is 1. The smallest absolute Gasteiger partial charge is 0.319 e. The summed E-state index contributed by atoms with van der Waals surface area (Å²) in [7, 11) is 0. The zero-order valence-corrected chi connectivity index (χ0v) is 12.1. The number of carbonyl (C=O) groups is 2. The summed E-state index contributed by atoms with van der Waals surface area (Å²) in [6.07, 6.45) is 2.57. The molecule has 2 amide bonds. The van der Waals surface area contributed by atoms with Gasteiger partial charge in [0.05, 0.1) is 16.8 Å². The minimum Gasteiger partial charge on any atom is -0.481 e. The predicted octanol–water partition coefficient (Wildman–Crippen LogP) is 2.40. The zero-order valence-electron chi connectivity index (χ0n) is 12.1. The van der Waals surface area contributed by atoms with Crippen molar-refractivity contribution < 1.29 is 14.7 Å². The molecule has 1 aromatic rings. The van der Waals surface area contributed by atoms with E-state index in [1.165, 1.54) is 0 Å². The highest BCUT2D eigenvalue weighted by molar-refractivity contribution is 5.90. The van der Waals surface area contributed by atoms with E-state index in [0.717, 1.165) is 0 Å². The fraction of sp³-hybridized carbons (Fsp3) is 0.500. The molecule has 0 aromatic carbocycles. The van der Waals surface area contributed by atoms with E-state index in [4.69, 9.17) is 0 Å². The minimum absolute atomic E-state index is 0.0977. The van der Waals surface area contributed by atoms with Crippen molar-refractivity contribution in [3.8, 4) is 0 Å². The molecule has 0 radical (unpaired) electrons. The van der Waals surface area contributed by atoms with E-state index in [-0.39, 0.29) is 6.54 Å². The molecule has 0 saturated carbocycles. The van der Waals surface area contributed by atoms with E-state index in [1.54, 1.807) is 25.3 Å². The van der Waals surface area contributed by atoms with E-state index < -0.39 is 17.4 Å². The van der Waals surface area contributed by atoms with Gasteiger partial charge in [0.25, 0.3) is 0 Å². The van der Waals surface area contributed by atoms with Crippen LogP contribution < -0.4 is 10.6 Å². The van der Waals surface area contributed by atoms with Crippen molar-refractivity contribution in [2.75, 3.05) is 11.9 Å². The van der Waals surface area contributed by atoms with Gasteiger partial charge in [-0.2, -0.15) is 0 Å². The summed E-state index contributed by atoms with van der Waals surface area (Å²) in [5.74, 6) is -0.889. The lowest BCUT2D eigenvalue weighted by atomic mass is 9.82. The molecule has 1 aromatic heterocycles. The molecule has 0 aliphatic carbocycles. The summed E-state index contributed by atoms with van der Waals surface area (Å²) in [5.41, 5.74) is 0.401. The number of nitrogens with one attached hydrogen (secondary N) is 2.